The number of rotatable bonds is 5. The lowest BCUT2D eigenvalue weighted by molar-refractivity contribution is 0.144. The van der Waals surface area contributed by atoms with Crippen molar-refractivity contribution in [2.24, 2.45) is 7.05 Å². The Hall–Kier alpha value is -2.40. The lowest BCUT2D eigenvalue weighted by Crippen LogP contribution is -2.48. The molecule has 0 radical (unpaired) electrons. The van der Waals surface area contributed by atoms with Crippen molar-refractivity contribution in [2.45, 2.75) is 11.6 Å². The van der Waals surface area contributed by atoms with E-state index in [2.05, 4.69) is 10.00 Å². The molecule has 158 valence electrons. The SMILES string of the molecule is Cn1c(-c2ccccc2)nn(CN2CCN(S(=O)(=O)c3ccc(F)cc3)CC2)c1=S. The minimum atomic E-state index is -3.63. The van der Waals surface area contributed by atoms with Crippen molar-refractivity contribution in [1.29, 1.82) is 0 Å². The molecule has 1 saturated heterocycles. The Labute approximate surface area is 180 Å². The smallest absolute Gasteiger partial charge is 0.243 e. The molecule has 1 aromatic heterocycles. The van der Waals surface area contributed by atoms with Crippen LogP contribution in [0.15, 0.2) is 59.5 Å². The molecular weight excluding hydrogens is 425 g/mol. The Balaban J connectivity index is 1.44. The fourth-order valence-corrected chi connectivity index (χ4v) is 5.08. The van der Waals surface area contributed by atoms with Crippen molar-refractivity contribution in [3.63, 3.8) is 0 Å². The van der Waals surface area contributed by atoms with Crippen molar-refractivity contribution in [3.05, 3.63) is 65.2 Å². The van der Waals surface area contributed by atoms with E-state index in [1.165, 1.54) is 16.4 Å². The third-order valence-electron chi connectivity index (χ3n) is 5.19. The highest BCUT2D eigenvalue weighted by Crippen LogP contribution is 2.20. The van der Waals surface area contributed by atoms with Gasteiger partial charge in [-0.25, -0.2) is 17.5 Å². The Kier molecular flexibility index (Phi) is 5.83. The maximum Gasteiger partial charge on any atom is 0.243 e. The first-order chi connectivity index (χ1) is 14.4. The molecule has 0 spiro atoms. The zero-order valence-electron chi connectivity index (χ0n) is 16.5. The molecule has 0 bridgehead atoms. The van der Waals surface area contributed by atoms with Crippen LogP contribution in [0.5, 0.6) is 0 Å². The molecule has 0 saturated carbocycles. The van der Waals surface area contributed by atoms with E-state index in [0.29, 0.717) is 37.6 Å². The maximum absolute atomic E-state index is 13.1. The van der Waals surface area contributed by atoms with Gasteiger partial charge >= 0.3 is 0 Å². The minimum absolute atomic E-state index is 0.108. The maximum atomic E-state index is 13.1. The first-order valence-corrected chi connectivity index (χ1v) is 11.4. The lowest BCUT2D eigenvalue weighted by Gasteiger charge is -2.33. The molecule has 1 aliphatic heterocycles. The molecular formula is C20H22FN5O2S2. The van der Waals surface area contributed by atoms with Crippen LogP contribution in [0.2, 0.25) is 0 Å². The van der Waals surface area contributed by atoms with E-state index >= 15 is 0 Å². The van der Waals surface area contributed by atoms with Crippen LogP contribution in [0, 0.1) is 10.6 Å². The summed E-state index contributed by atoms with van der Waals surface area (Å²) in [5.74, 6) is 0.332. The van der Waals surface area contributed by atoms with Gasteiger partial charge in [-0.15, -0.1) is 0 Å². The van der Waals surface area contributed by atoms with Crippen LogP contribution in [0.25, 0.3) is 11.4 Å². The monoisotopic (exact) mass is 447 g/mol. The molecule has 4 rings (SSSR count). The van der Waals surface area contributed by atoms with Crippen molar-refractivity contribution in [3.8, 4) is 11.4 Å². The number of piperazine rings is 1. The van der Waals surface area contributed by atoms with Gasteiger partial charge in [0.25, 0.3) is 0 Å². The summed E-state index contributed by atoms with van der Waals surface area (Å²) in [6.07, 6.45) is 0. The van der Waals surface area contributed by atoms with Gasteiger partial charge in [0, 0.05) is 38.8 Å². The van der Waals surface area contributed by atoms with Crippen LogP contribution in [0.3, 0.4) is 0 Å². The molecule has 1 fully saturated rings. The van der Waals surface area contributed by atoms with Crippen LogP contribution in [0.4, 0.5) is 4.39 Å². The number of hydrogen-bond donors (Lipinski definition) is 0. The normalized spacial score (nSPS) is 16.1. The van der Waals surface area contributed by atoms with Crippen LogP contribution in [-0.2, 0) is 23.7 Å². The van der Waals surface area contributed by atoms with Crippen molar-refractivity contribution >= 4 is 22.2 Å². The van der Waals surface area contributed by atoms with Crippen LogP contribution in [-0.4, -0.2) is 58.1 Å². The molecule has 30 heavy (non-hydrogen) atoms. The average molecular weight is 448 g/mol. The van der Waals surface area contributed by atoms with Crippen molar-refractivity contribution in [2.75, 3.05) is 26.2 Å². The largest absolute Gasteiger partial charge is 0.303 e. The summed E-state index contributed by atoms with van der Waals surface area (Å²) in [6.45, 7) is 2.31. The summed E-state index contributed by atoms with van der Waals surface area (Å²) >= 11 is 5.54. The third-order valence-corrected chi connectivity index (χ3v) is 7.59. The Morgan fingerprint density at radius 3 is 2.27 bits per heavy atom. The zero-order valence-corrected chi connectivity index (χ0v) is 18.1. The molecule has 3 aromatic rings. The molecule has 7 nitrogen and oxygen atoms in total. The minimum Gasteiger partial charge on any atom is -0.303 e. The molecule has 0 atom stereocenters. The highest BCUT2D eigenvalue weighted by Gasteiger charge is 2.28. The molecule has 0 unspecified atom stereocenters. The molecule has 2 aromatic carbocycles. The number of hydrogen-bond acceptors (Lipinski definition) is 5. The number of benzene rings is 2. The highest BCUT2D eigenvalue weighted by atomic mass is 32.2. The van der Waals surface area contributed by atoms with Gasteiger partial charge in [-0.2, -0.15) is 9.40 Å². The second kappa shape index (κ2) is 8.38. The summed E-state index contributed by atoms with van der Waals surface area (Å²) in [6, 6.07) is 14.8. The van der Waals surface area contributed by atoms with Crippen LogP contribution >= 0.6 is 12.2 Å². The molecule has 10 heteroatoms. The second-order valence-electron chi connectivity index (χ2n) is 7.15. The molecule has 1 aliphatic rings. The van der Waals surface area contributed by atoms with Gasteiger partial charge in [-0.3, -0.25) is 4.90 Å². The molecule has 0 aliphatic carbocycles. The van der Waals surface area contributed by atoms with Gasteiger partial charge in [0.05, 0.1) is 11.6 Å². The van der Waals surface area contributed by atoms with Crippen molar-refractivity contribution < 1.29 is 12.8 Å². The molecule has 2 heterocycles. The summed E-state index contributed by atoms with van der Waals surface area (Å²) in [4.78, 5) is 2.23. The fraction of sp³-hybridized carbons (Fsp3) is 0.300. The standard InChI is InChI=1S/C20H22FN5O2S2/c1-23-19(16-5-3-2-4-6-16)22-26(20(23)29)15-24-11-13-25(14-12-24)30(27,28)18-9-7-17(21)8-10-18/h2-10H,11-15H2,1H3. The van der Waals surface area contributed by atoms with Crippen LogP contribution in [0.1, 0.15) is 0 Å². The van der Waals surface area contributed by atoms with E-state index in [-0.39, 0.29) is 4.90 Å². The summed E-state index contributed by atoms with van der Waals surface area (Å²) < 4.78 is 44.3. The average Bonchev–Trinajstić information content (AvgIpc) is 3.03. The van der Waals surface area contributed by atoms with E-state index in [1.54, 1.807) is 4.68 Å². The Morgan fingerprint density at radius 1 is 1.00 bits per heavy atom. The van der Waals surface area contributed by atoms with E-state index in [9.17, 15) is 12.8 Å². The van der Waals surface area contributed by atoms with E-state index in [4.69, 9.17) is 12.2 Å². The number of halogens is 1. The van der Waals surface area contributed by atoms with E-state index in [0.717, 1.165) is 23.5 Å². The molecule has 0 amide bonds. The summed E-state index contributed by atoms with van der Waals surface area (Å²) in [7, 11) is -1.74. The van der Waals surface area contributed by atoms with Gasteiger partial charge in [0.15, 0.2) is 10.6 Å². The van der Waals surface area contributed by atoms with Gasteiger partial charge in [-0.1, -0.05) is 30.3 Å². The van der Waals surface area contributed by atoms with Crippen molar-refractivity contribution in [1.82, 2.24) is 23.6 Å². The first-order valence-electron chi connectivity index (χ1n) is 9.53. The van der Waals surface area contributed by atoms with Gasteiger partial charge in [0.2, 0.25) is 10.0 Å². The number of nitrogens with zero attached hydrogens (tertiary/aromatic N) is 5. The molecule has 0 N–H and O–H groups in total. The number of aromatic nitrogens is 3. The van der Waals surface area contributed by atoms with E-state index < -0.39 is 15.8 Å². The first kappa shape index (κ1) is 20.9. The fourth-order valence-electron chi connectivity index (χ4n) is 3.48. The zero-order chi connectivity index (χ0) is 21.3. The Bertz CT molecular complexity index is 1180. The summed E-state index contributed by atoms with van der Waals surface area (Å²) in [5.41, 5.74) is 0.986. The topological polar surface area (TPSA) is 63.4 Å². The number of sulfonamides is 1. The lowest BCUT2D eigenvalue weighted by atomic mass is 10.2. The third kappa shape index (κ3) is 4.08. The summed E-state index contributed by atoms with van der Waals surface area (Å²) in [5, 5.41) is 4.66. The Morgan fingerprint density at radius 2 is 1.63 bits per heavy atom. The van der Waals surface area contributed by atoms with Gasteiger partial charge < -0.3 is 4.57 Å². The predicted molar refractivity (Wildman–Crippen MR) is 114 cm³/mol. The van der Waals surface area contributed by atoms with Gasteiger partial charge in [-0.05, 0) is 36.5 Å². The second-order valence-corrected chi connectivity index (χ2v) is 9.45. The van der Waals surface area contributed by atoms with E-state index in [1.807, 2.05) is 41.9 Å². The van der Waals surface area contributed by atoms with Gasteiger partial charge in [0.1, 0.15) is 5.82 Å². The predicted octanol–water partition coefficient (Wildman–Crippen LogP) is 2.72. The quantitative estimate of drug-likeness (QED) is 0.563. The van der Waals surface area contributed by atoms with Crippen LogP contribution < -0.4 is 0 Å². The highest BCUT2D eigenvalue weighted by molar-refractivity contribution is 7.89.